The van der Waals surface area contributed by atoms with E-state index in [0.29, 0.717) is 0 Å². The van der Waals surface area contributed by atoms with E-state index in [2.05, 4.69) is 11.3 Å². The van der Waals surface area contributed by atoms with Crippen LogP contribution in [0, 0.1) is 0 Å². The molecule has 0 aromatic rings. The van der Waals surface area contributed by atoms with Crippen LogP contribution in [-0.4, -0.2) is 31.1 Å². The Balaban J connectivity index is 4.35. The van der Waals surface area contributed by atoms with Gasteiger partial charge in [0.05, 0.1) is 0 Å². The summed E-state index contributed by atoms with van der Waals surface area (Å²) >= 11 is 0. The first kappa shape index (κ1) is 14.7. The summed E-state index contributed by atoms with van der Waals surface area (Å²) in [6.07, 6.45) is -9.29. The molecule has 0 spiro atoms. The van der Waals surface area contributed by atoms with Crippen LogP contribution in [0.5, 0.6) is 0 Å². The first-order valence-electron chi connectivity index (χ1n) is 3.57. The van der Waals surface area contributed by atoms with Gasteiger partial charge >= 0.3 is 24.5 Å². The Kier molecular flexibility index (Phi) is 4.33. The fraction of sp³-hybridized carbons (Fsp3) is 0.571. The third kappa shape index (κ3) is 4.07. The lowest BCUT2D eigenvalue weighted by Gasteiger charge is -2.16. The van der Waals surface area contributed by atoms with Gasteiger partial charge in [-0.15, -0.1) is 0 Å². The topological polar surface area (TPSA) is 26.3 Å². The van der Waals surface area contributed by atoms with Crippen molar-refractivity contribution in [3.63, 3.8) is 0 Å². The summed E-state index contributed by atoms with van der Waals surface area (Å²) in [6, 6.07) is 0. The summed E-state index contributed by atoms with van der Waals surface area (Å²) in [5, 5.41) is 0. The zero-order valence-corrected chi connectivity index (χ0v) is 7.45. The molecule has 0 aliphatic heterocycles. The van der Waals surface area contributed by atoms with Crippen LogP contribution < -0.4 is 0 Å². The minimum atomic E-state index is -5.16. The summed E-state index contributed by atoms with van der Waals surface area (Å²) in [6.45, 7) is 0.0992. The highest BCUT2D eigenvalue weighted by molar-refractivity contribution is 5.89. The molecule has 0 aromatic heterocycles. The second-order valence-corrected chi connectivity index (χ2v) is 2.61. The number of alkyl halides is 7. The highest BCUT2D eigenvalue weighted by Crippen LogP contribution is 2.27. The first-order chi connectivity index (χ1) is 6.98. The highest BCUT2D eigenvalue weighted by atomic mass is 19.4. The van der Waals surface area contributed by atoms with Crippen molar-refractivity contribution in [3.05, 3.63) is 12.2 Å². The predicted octanol–water partition coefficient (Wildman–Crippen LogP) is 2.55. The average Bonchev–Trinajstić information content (AvgIpc) is 2.11. The number of hydrogen-bond donors (Lipinski definition) is 0. The minimum Gasteiger partial charge on any atom is -0.455 e. The van der Waals surface area contributed by atoms with Crippen LogP contribution in [0.3, 0.4) is 0 Å². The molecule has 0 rings (SSSR count). The molecule has 0 atom stereocenters. The maximum Gasteiger partial charge on any atom is 0.422 e. The number of carbonyl (C=O) groups is 1. The number of rotatable bonds is 4. The van der Waals surface area contributed by atoms with Crippen LogP contribution in [-0.2, 0) is 9.53 Å². The van der Waals surface area contributed by atoms with E-state index in [1.54, 1.807) is 0 Å². The third-order valence-electron chi connectivity index (χ3n) is 1.30. The molecule has 0 N–H and O–H groups in total. The van der Waals surface area contributed by atoms with Crippen LogP contribution in [0.1, 0.15) is 0 Å². The highest BCUT2D eigenvalue weighted by Gasteiger charge is 2.44. The lowest BCUT2D eigenvalue weighted by molar-refractivity contribution is -0.181. The number of hydrogen-bond acceptors (Lipinski definition) is 2. The molecule has 2 nitrogen and oxygen atoms in total. The molecule has 0 aliphatic carbocycles. The van der Waals surface area contributed by atoms with E-state index < -0.39 is 36.7 Å². The summed E-state index contributed by atoms with van der Waals surface area (Å²) in [4.78, 5) is 10.4. The Morgan fingerprint density at radius 2 is 1.62 bits per heavy atom. The standard InChI is InChI=1S/C7H5F7O2/c1-3(7(12,13)14)4(15)16-2-6(10,11)5(8)9/h5H,1-2H2. The SMILES string of the molecule is C=C(C(=O)OCC(F)(F)C(F)F)C(F)(F)F. The van der Waals surface area contributed by atoms with E-state index >= 15 is 0 Å². The Morgan fingerprint density at radius 3 is 1.94 bits per heavy atom. The van der Waals surface area contributed by atoms with Gasteiger partial charge in [-0.25, -0.2) is 13.6 Å². The normalized spacial score (nSPS) is 12.8. The molecule has 0 amide bonds. The Labute approximate surface area is 84.7 Å². The Hall–Kier alpha value is -1.28. The summed E-state index contributed by atoms with van der Waals surface area (Å²) in [7, 11) is 0. The summed E-state index contributed by atoms with van der Waals surface area (Å²) < 4.78 is 85.9. The van der Waals surface area contributed by atoms with Gasteiger partial charge in [-0.1, -0.05) is 6.58 Å². The molecular formula is C7H5F7O2. The molecule has 0 heterocycles. The van der Waals surface area contributed by atoms with Crippen LogP contribution >= 0.6 is 0 Å². The molecule has 0 fully saturated rings. The van der Waals surface area contributed by atoms with Gasteiger partial charge in [0.15, 0.2) is 6.61 Å². The van der Waals surface area contributed by atoms with Crippen molar-refractivity contribution in [1.82, 2.24) is 0 Å². The average molecular weight is 254 g/mol. The third-order valence-corrected chi connectivity index (χ3v) is 1.30. The maximum atomic E-state index is 12.1. The zero-order valence-electron chi connectivity index (χ0n) is 7.45. The lowest BCUT2D eigenvalue weighted by atomic mass is 10.3. The first-order valence-corrected chi connectivity index (χ1v) is 3.57. The van der Waals surface area contributed by atoms with Gasteiger partial charge in [0.2, 0.25) is 0 Å². The van der Waals surface area contributed by atoms with Gasteiger partial charge in [0.1, 0.15) is 5.57 Å². The van der Waals surface area contributed by atoms with Crippen LogP contribution in [0.15, 0.2) is 12.2 Å². The molecule has 9 heteroatoms. The molecule has 0 radical (unpaired) electrons. The molecule has 0 saturated heterocycles. The van der Waals surface area contributed by atoms with E-state index in [1.165, 1.54) is 0 Å². The fourth-order valence-electron chi connectivity index (χ4n) is 0.428. The minimum absolute atomic E-state index is 2.04. The maximum absolute atomic E-state index is 12.1. The smallest absolute Gasteiger partial charge is 0.422 e. The van der Waals surface area contributed by atoms with Gasteiger partial charge in [0.25, 0.3) is 0 Å². The van der Waals surface area contributed by atoms with E-state index in [0.717, 1.165) is 0 Å². The van der Waals surface area contributed by atoms with Crippen molar-refractivity contribution in [2.75, 3.05) is 6.61 Å². The van der Waals surface area contributed by atoms with E-state index in [-0.39, 0.29) is 0 Å². The van der Waals surface area contributed by atoms with Gasteiger partial charge < -0.3 is 4.74 Å². The van der Waals surface area contributed by atoms with Crippen LogP contribution in [0.2, 0.25) is 0 Å². The molecule has 0 aliphatic rings. The molecule has 0 aromatic carbocycles. The second kappa shape index (κ2) is 4.71. The second-order valence-electron chi connectivity index (χ2n) is 2.61. The monoisotopic (exact) mass is 254 g/mol. The molecular weight excluding hydrogens is 249 g/mol. The number of esters is 1. The summed E-state index contributed by atoms with van der Waals surface area (Å²) in [5.74, 6) is -6.91. The predicted molar refractivity (Wildman–Crippen MR) is 37.1 cm³/mol. The Morgan fingerprint density at radius 1 is 1.19 bits per heavy atom. The van der Waals surface area contributed by atoms with Gasteiger partial charge in [-0.2, -0.15) is 22.0 Å². The molecule has 94 valence electrons. The van der Waals surface area contributed by atoms with Crippen LogP contribution in [0.4, 0.5) is 30.7 Å². The summed E-state index contributed by atoms with van der Waals surface area (Å²) in [5.41, 5.74) is -2.04. The van der Waals surface area contributed by atoms with Crippen molar-refractivity contribution < 1.29 is 40.3 Å². The lowest BCUT2D eigenvalue weighted by Crippen LogP contribution is -2.34. The van der Waals surface area contributed by atoms with Crippen molar-refractivity contribution in [2.24, 2.45) is 0 Å². The molecule has 0 saturated carbocycles. The molecule has 0 bridgehead atoms. The van der Waals surface area contributed by atoms with Crippen molar-refractivity contribution in [1.29, 1.82) is 0 Å². The van der Waals surface area contributed by atoms with Crippen molar-refractivity contribution in [3.8, 4) is 0 Å². The van der Waals surface area contributed by atoms with Gasteiger partial charge in [-0.05, 0) is 0 Å². The quantitative estimate of drug-likeness (QED) is 0.438. The van der Waals surface area contributed by atoms with Gasteiger partial charge in [-0.3, -0.25) is 0 Å². The number of halogens is 7. The van der Waals surface area contributed by atoms with E-state index in [4.69, 9.17) is 0 Å². The molecule has 16 heavy (non-hydrogen) atoms. The van der Waals surface area contributed by atoms with Crippen molar-refractivity contribution >= 4 is 5.97 Å². The number of carbonyl (C=O) groups excluding carboxylic acids is 1. The van der Waals surface area contributed by atoms with E-state index in [1.807, 2.05) is 0 Å². The van der Waals surface area contributed by atoms with Crippen LogP contribution in [0.25, 0.3) is 0 Å². The van der Waals surface area contributed by atoms with Gasteiger partial charge in [0, 0.05) is 0 Å². The zero-order chi connectivity index (χ0) is 13.1. The fourth-order valence-corrected chi connectivity index (χ4v) is 0.428. The largest absolute Gasteiger partial charge is 0.455 e. The van der Waals surface area contributed by atoms with E-state index in [9.17, 15) is 35.5 Å². The Bertz CT molecular complexity index is 281. The van der Waals surface area contributed by atoms with Crippen molar-refractivity contribution in [2.45, 2.75) is 18.5 Å². The molecule has 0 unspecified atom stereocenters. The number of ether oxygens (including phenoxy) is 1.